The average Bonchev–Trinajstić information content (AvgIpc) is 3.14. The Hall–Kier alpha value is -2.40. The van der Waals surface area contributed by atoms with Gasteiger partial charge in [0.2, 0.25) is 0 Å². The standard InChI is InChI=1S/C26H31NO3S/c1-3-4-5-6-7-18-8-10-19(11-9-18)26(28)30-20-12-14-24-22(16-20)23-17-21(31(2)29)13-15-25(23)27-24/h8-11,13,15,17,20,27H,3-7,12,14,16H2,1-2H3. The zero-order valence-corrected chi connectivity index (χ0v) is 19.2. The number of rotatable bonds is 8. The van der Waals surface area contributed by atoms with Crippen LogP contribution in [0.1, 0.15) is 66.2 Å². The number of hydrogen-bond acceptors (Lipinski definition) is 3. The Bertz CT molecular complexity index is 1080. The van der Waals surface area contributed by atoms with Crippen LogP contribution in [0.25, 0.3) is 10.9 Å². The highest BCUT2D eigenvalue weighted by molar-refractivity contribution is 7.84. The molecule has 4 nitrogen and oxygen atoms in total. The smallest absolute Gasteiger partial charge is 0.338 e. The van der Waals surface area contributed by atoms with Crippen LogP contribution in [0.3, 0.4) is 0 Å². The number of benzene rings is 2. The van der Waals surface area contributed by atoms with Gasteiger partial charge in [-0.15, -0.1) is 0 Å². The van der Waals surface area contributed by atoms with Crippen LogP contribution in [0, 0.1) is 0 Å². The third kappa shape index (κ3) is 5.09. The molecule has 2 unspecified atom stereocenters. The zero-order chi connectivity index (χ0) is 21.8. The lowest BCUT2D eigenvalue weighted by molar-refractivity contribution is 0.0271. The van der Waals surface area contributed by atoms with Crippen molar-refractivity contribution in [2.24, 2.45) is 0 Å². The molecule has 1 N–H and O–H groups in total. The number of carbonyl (C=O) groups excluding carboxylic acids is 1. The van der Waals surface area contributed by atoms with E-state index in [9.17, 15) is 9.00 Å². The predicted molar refractivity (Wildman–Crippen MR) is 126 cm³/mol. The van der Waals surface area contributed by atoms with Gasteiger partial charge in [-0.1, -0.05) is 38.3 Å². The molecule has 0 radical (unpaired) electrons. The Morgan fingerprint density at radius 3 is 2.68 bits per heavy atom. The number of unbranched alkanes of at least 4 members (excludes halogenated alkanes) is 3. The Morgan fingerprint density at radius 1 is 1.13 bits per heavy atom. The highest BCUT2D eigenvalue weighted by atomic mass is 32.2. The van der Waals surface area contributed by atoms with Crippen LogP contribution in [0.4, 0.5) is 0 Å². The number of esters is 1. The number of H-pyrrole nitrogens is 1. The van der Waals surface area contributed by atoms with Gasteiger partial charge in [0.05, 0.1) is 5.56 Å². The minimum atomic E-state index is -1.02. The second-order valence-electron chi connectivity index (χ2n) is 8.52. The second kappa shape index (κ2) is 9.82. The van der Waals surface area contributed by atoms with Crippen LogP contribution in [-0.2, 0) is 34.8 Å². The topological polar surface area (TPSA) is 59.2 Å². The molecular weight excluding hydrogens is 406 g/mol. The molecule has 2 atom stereocenters. The normalized spacial score (nSPS) is 16.8. The first-order chi connectivity index (χ1) is 15.0. The number of aromatic nitrogens is 1. The molecule has 5 heteroatoms. The van der Waals surface area contributed by atoms with Crippen LogP contribution in [-0.4, -0.2) is 27.5 Å². The highest BCUT2D eigenvalue weighted by Crippen LogP contribution is 2.31. The summed E-state index contributed by atoms with van der Waals surface area (Å²) >= 11 is 0. The molecule has 31 heavy (non-hydrogen) atoms. The van der Waals surface area contributed by atoms with E-state index in [0.717, 1.165) is 35.1 Å². The zero-order valence-electron chi connectivity index (χ0n) is 18.4. The molecule has 1 aliphatic carbocycles. The fraction of sp³-hybridized carbons (Fsp3) is 0.423. The number of nitrogens with one attached hydrogen (secondary N) is 1. The summed E-state index contributed by atoms with van der Waals surface area (Å²) in [5, 5.41) is 1.09. The molecule has 4 rings (SSSR count). The number of aryl methyl sites for hydroxylation is 2. The number of fused-ring (bicyclic) bond motifs is 3. The van der Waals surface area contributed by atoms with Crippen molar-refractivity contribution < 1.29 is 13.7 Å². The maximum atomic E-state index is 12.7. The third-order valence-corrected chi connectivity index (χ3v) is 7.15. The van der Waals surface area contributed by atoms with Crippen molar-refractivity contribution in [1.82, 2.24) is 4.98 Å². The molecule has 1 aliphatic rings. The summed E-state index contributed by atoms with van der Waals surface area (Å²) in [5.74, 6) is -0.249. The SMILES string of the molecule is CCCCCCc1ccc(C(=O)OC2CCc3[nH]c4ccc(S(C)=O)cc4c3C2)cc1. The summed E-state index contributed by atoms with van der Waals surface area (Å²) in [6.45, 7) is 2.22. The van der Waals surface area contributed by atoms with E-state index in [1.807, 2.05) is 42.5 Å². The average molecular weight is 438 g/mol. The summed E-state index contributed by atoms with van der Waals surface area (Å²) < 4.78 is 17.8. The molecule has 0 saturated carbocycles. The van der Waals surface area contributed by atoms with Crippen LogP contribution in [0.15, 0.2) is 47.4 Å². The fourth-order valence-electron chi connectivity index (χ4n) is 4.43. The quantitative estimate of drug-likeness (QED) is 0.361. The summed E-state index contributed by atoms with van der Waals surface area (Å²) in [6, 6.07) is 13.8. The first-order valence-corrected chi connectivity index (χ1v) is 12.9. The van der Waals surface area contributed by atoms with Gasteiger partial charge in [-0.3, -0.25) is 4.21 Å². The maximum absolute atomic E-state index is 12.7. The molecule has 2 aromatic carbocycles. The van der Waals surface area contributed by atoms with Gasteiger partial charge in [0.1, 0.15) is 6.10 Å². The summed E-state index contributed by atoms with van der Waals surface area (Å²) in [6.07, 6.45) is 9.95. The van der Waals surface area contributed by atoms with Crippen molar-refractivity contribution >= 4 is 27.7 Å². The lowest BCUT2D eigenvalue weighted by Crippen LogP contribution is -2.25. The number of hydrogen-bond donors (Lipinski definition) is 1. The van der Waals surface area contributed by atoms with E-state index in [2.05, 4.69) is 11.9 Å². The van der Waals surface area contributed by atoms with Crippen LogP contribution >= 0.6 is 0 Å². The molecule has 0 fully saturated rings. The molecule has 1 aromatic heterocycles. The lowest BCUT2D eigenvalue weighted by atomic mass is 9.93. The number of ether oxygens (including phenoxy) is 1. The predicted octanol–water partition coefficient (Wildman–Crippen LogP) is 5.74. The Balaban J connectivity index is 1.41. The maximum Gasteiger partial charge on any atom is 0.338 e. The van der Waals surface area contributed by atoms with Crippen molar-refractivity contribution in [2.75, 3.05) is 6.26 Å². The largest absolute Gasteiger partial charge is 0.458 e. The molecular formula is C26H31NO3S. The minimum absolute atomic E-state index is 0.136. The summed E-state index contributed by atoms with van der Waals surface area (Å²) in [4.78, 5) is 17.0. The molecule has 164 valence electrons. The molecule has 1 heterocycles. The molecule has 0 bridgehead atoms. The minimum Gasteiger partial charge on any atom is -0.458 e. The van der Waals surface area contributed by atoms with Gasteiger partial charge in [0.15, 0.2) is 0 Å². The van der Waals surface area contributed by atoms with Gasteiger partial charge < -0.3 is 9.72 Å². The Labute approximate surface area is 186 Å². The van der Waals surface area contributed by atoms with E-state index in [4.69, 9.17) is 4.74 Å². The Morgan fingerprint density at radius 2 is 1.94 bits per heavy atom. The van der Waals surface area contributed by atoms with Crippen LogP contribution < -0.4 is 0 Å². The lowest BCUT2D eigenvalue weighted by Gasteiger charge is -2.23. The second-order valence-corrected chi connectivity index (χ2v) is 9.90. The number of carbonyl (C=O) groups is 1. The monoisotopic (exact) mass is 437 g/mol. The van der Waals surface area contributed by atoms with Crippen LogP contribution in [0.2, 0.25) is 0 Å². The van der Waals surface area contributed by atoms with Gasteiger partial charge >= 0.3 is 5.97 Å². The van der Waals surface area contributed by atoms with Gasteiger partial charge in [-0.2, -0.15) is 0 Å². The van der Waals surface area contributed by atoms with E-state index >= 15 is 0 Å². The van der Waals surface area contributed by atoms with Crippen molar-refractivity contribution in [2.45, 2.75) is 69.3 Å². The molecule has 0 amide bonds. The van der Waals surface area contributed by atoms with E-state index in [1.165, 1.54) is 42.5 Å². The molecule has 0 spiro atoms. The van der Waals surface area contributed by atoms with Crippen molar-refractivity contribution in [1.29, 1.82) is 0 Å². The molecule has 0 aliphatic heterocycles. The van der Waals surface area contributed by atoms with Crippen molar-refractivity contribution in [3.8, 4) is 0 Å². The van der Waals surface area contributed by atoms with E-state index in [-0.39, 0.29) is 12.1 Å². The van der Waals surface area contributed by atoms with E-state index < -0.39 is 10.8 Å². The number of aromatic amines is 1. The van der Waals surface area contributed by atoms with Gasteiger partial charge in [-0.25, -0.2) is 4.79 Å². The van der Waals surface area contributed by atoms with Crippen LogP contribution in [0.5, 0.6) is 0 Å². The van der Waals surface area contributed by atoms with Gasteiger partial charge in [0, 0.05) is 45.0 Å². The highest BCUT2D eigenvalue weighted by Gasteiger charge is 2.26. The van der Waals surface area contributed by atoms with E-state index in [0.29, 0.717) is 12.0 Å². The Kier molecular flexibility index (Phi) is 6.91. The fourth-order valence-corrected chi connectivity index (χ4v) is 4.97. The molecule has 0 saturated heterocycles. The molecule has 3 aromatic rings. The first-order valence-electron chi connectivity index (χ1n) is 11.3. The van der Waals surface area contributed by atoms with Gasteiger partial charge in [0.25, 0.3) is 0 Å². The van der Waals surface area contributed by atoms with Crippen molar-refractivity contribution in [3.63, 3.8) is 0 Å². The summed E-state index contributed by atoms with van der Waals surface area (Å²) in [5.41, 5.74) is 5.34. The summed E-state index contributed by atoms with van der Waals surface area (Å²) in [7, 11) is -1.02. The van der Waals surface area contributed by atoms with E-state index in [1.54, 1.807) is 6.26 Å². The first kappa shape index (κ1) is 21.8. The third-order valence-electron chi connectivity index (χ3n) is 6.23. The van der Waals surface area contributed by atoms with Crippen molar-refractivity contribution in [3.05, 3.63) is 64.8 Å². The van der Waals surface area contributed by atoms with Gasteiger partial charge in [-0.05, 0) is 67.1 Å².